The first-order valence-corrected chi connectivity index (χ1v) is 12.2. The molecule has 0 radical (unpaired) electrons. The van der Waals surface area contributed by atoms with Crippen LogP contribution >= 0.6 is 11.6 Å². The number of halogens is 1. The summed E-state index contributed by atoms with van der Waals surface area (Å²) in [6.07, 6.45) is 0. The van der Waals surface area contributed by atoms with Crippen molar-refractivity contribution in [3.8, 4) is 23.0 Å². The maximum atomic E-state index is 13.8. The van der Waals surface area contributed by atoms with Gasteiger partial charge < -0.3 is 13.9 Å². The first-order chi connectivity index (χ1) is 16.3. The van der Waals surface area contributed by atoms with Crippen molar-refractivity contribution in [2.24, 2.45) is 0 Å². The van der Waals surface area contributed by atoms with Crippen molar-refractivity contribution in [2.75, 3.05) is 18.5 Å². The van der Waals surface area contributed by atoms with Gasteiger partial charge in [0.1, 0.15) is 23.0 Å². The SMILES string of the molecule is COc1ccc(S(=O)(=O)N(Cc2nc(-c3cccc(Cl)c3)oc2C)c2ccccc2OC)cc1. The summed E-state index contributed by atoms with van der Waals surface area (Å²) in [6.45, 7) is 1.68. The molecule has 1 aromatic heterocycles. The minimum absolute atomic E-state index is 0.0648. The van der Waals surface area contributed by atoms with Crippen LogP contribution in [-0.2, 0) is 16.6 Å². The van der Waals surface area contributed by atoms with Crippen LogP contribution in [0, 0.1) is 6.92 Å². The standard InChI is InChI=1S/C25H23ClN2O5S/c1-17-22(27-25(33-17)18-7-6-8-19(26)15-18)16-28(23-9-4-5-10-24(23)32-3)34(29,30)21-13-11-20(31-2)12-14-21/h4-15H,16H2,1-3H3. The van der Waals surface area contributed by atoms with E-state index in [2.05, 4.69) is 4.98 Å². The lowest BCUT2D eigenvalue weighted by Crippen LogP contribution is -2.31. The molecule has 176 valence electrons. The molecule has 0 amide bonds. The summed E-state index contributed by atoms with van der Waals surface area (Å²) in [5.74, 6) is 1.83. The molecule has 0 atom stereocenters. The van der Waals surface area contributed by atoms with E-state index in [4.69, 9.17) is 25.5 Å². The van der Waals surface area contributed by atoms with E-state index >= 15 is 0 Å². The molecule has 0 saturated carbocycles. The number of ether oxygens (including phenoxy) is 2. The molecule has 0 aliphatic rings. The second kappa shape index (κ2) is 9.79. The third kappa shape index (κ3) is 4.73. The van der Waals surface area contributed by atoms with Crippen LogP contribution in [0.1, 0.15) is 11.5 Å². The lowest BCUT2D eigenvalue weighted by molar-refractivity contribution is 0.414. The Hall–Kier alpha value is -3.49. The molecule has 7 nitrogen and oxygen atoms in total. The molecule has 4 aromatic rings. The number of anilines is 1. The Labute approximate surface area is 203 Å². The second-order valence-corrected chi connectivity index (χ2v) is 9.69. The summed E-state index contributed by atoms with van der Waals surface area (Å²) < 4.78 is 45.3. The Morgan fingerprint density at radius 1 is 0.971 bits per heavy atom. The van der Waals surface area contributed by atoms with Gasteiger partial charge in [-0.3, -0.25) is 4.31 Å². The normalized spacial score (nSPS) is 11.3. The van der Waals surface area contributed by atoms with Crippen molar-refractivity contribution >= 4 is 27.3 Å². The zero-order chi connectivity index (χ0) is 24.3. The number of hydrogen-bond acceptors (Lipinski definition) is 6. The summed E-state index contributed by atoms with van der Waals surface area (Å²) in [7, 11) is -0.975. The van der Waals surface area contributed by atoms with E-state index in [0.717, 1.165) is 0 Å². The number of aromatic nitrogens is 1. The third-order valence-corrected chi connectivity index (χ3v) is 7.27. The average molecular weight is 499 g/mol. The largest absolute Gasteiger partial charge is 0.497 e. The van der Waals surface area contributed by atoms with Crippen LogP contribution in [0.4, 0.5) is 5.69 Å². The summed E-state index contributed by atoms with van der Waals surface area (Å²) >= 11 is 6.11. The molecule has 3 aromatic carbocycles. The summed E-state index contributed by atoms with van der Waals surface area (Å²) in [6, 6.07) is 20.3. The molecule has 1 heterocycles. The van der Waals surface area contributed by atoms with Crippen LogP contribution in [0.25, 0.3) is 11.5 Å². The Morgan fingerprint density at radius 2 is 1.71 bits per heavy atom. The second-order valence-electron chi connectivity index (χ2n) is 7.39. The van der Waals surface area contributed by atoms with E-state index in [-0.39, 0.29) is 11.4 Å². The molecule has 0 fully saturated rings. The first-order valence-electron chi connectivity index (χ1n) is 10.4. The molecule has 4 rings (SSSR count). The van der Waals surface area contributed by atoms with E-state index in [1.165, 1.54) is 30.7 Å². The fourth-order valence-electron chi connectivity index (χ4n) is 3.47. The Balaban J connectivity index is 1.79. The smallest absolute Gasteiger partial charge is 0.264 e. The Morgan fingerprint density at radius 3 is 2.38 bits per heavy atom. The molecular weight excluding hydrogens is 476 g/mol. The maximum absolute atomic E-state index is 13.8. The summed E-state index contributed by atoms with van der Waals surface area (Å²) in [5.41, 5.74) is 1.55. The molecule has 0 spiro atoms. The van der Waals surface area contributed by atoms with Crippen molar-refractivity contribution < 1.29 is 22.3 Å². The third-order valence-electron chi connectivity index (χ3n) is 5.26. The van der Waals surface area contributed by atoms with Gasteiger partial charge in [0.25, 0.3) is 10.0 Å². The van der Waals surface area contributed by atoms with Crippen LogP contribution in [-0.4, -0.2) is 27.6 Å². The highest BCUT2D eigenvalue weighted by molar-refractivity contribution is 7.92. The summed E-state index contributed by atoms with van der Waals surface area (Å²) in [4.78, 5) is 4.69. The molecule has 0 aliphatic carbocycles. The van der Waals surface area contributed by atoms with Gasteiger partial charge in [0.05, 0.1) is 31.3 Å². The molecule has 0 bridgehead atoms. The van der Waals surface area contributed by atoms with Gasteiger partial charge >= 0.3 is 0 Å². The fraction of sp³-hybridized carbons (Fsp3) is 0.160. The predicted molar refractivity (Wildman–Crippen MR) is 131 cm³/mol. The number of rotatable bonds is 8. The van der Waals surface area contributed by atoms with E-state index in [1.807, 2.05) is 6.07 Å². The Bertz CT molecular complexity index is 1400. The fourth-order valence-corrected chi connectivity index (χ4v) is 5.09. The van der Waals surface area contributed by atoms with Crippen molar-refractivity contribution in [2.45, 2.75) is 18.4 Å². The number of para-hydroxylation sites is 2. The van der Waals surface area contributed by atoms with Gasteiger partial charge in [-0.05, 0) is 61.5 Å². The first kappa shape index (κ1) is 23.7. The molecule has 0 N–H and O–H groups in total. The lowest BCUT2D eigenvalue weighted by Gasteiger charge is -2.25. The van der Waals surface area contributed by atoms with Gasteiger partial charge in [-0.25, -0.2) is 13.4 Å². The van der Waals surface area contributed by atoms with Crippen molar-refractivity contribution in [3.05, 3.63) is 89.3 Å². The van der Waals surface area contributed by atoms with E-state index in [9.17, 15) is 8.42 Å². The van der Waals surface area contributed by atoms with Gasteiger partial charge in [0.2, 0.25) is 5.89 Å². The highest BCUT2D eigenvalue weighted by Crippen LogP contribution is 2.35. The topological polar surface area (TPSA) is 81.9 Å². The van der Waals surface area contributed by atoms with Gasteiger partial charge in [-0.1, -0.05) is 29.8 Å². The molecule has 34 heavy (non-hydrogen) atoms. The van der Waals surface area contributed by atoms with Crippen LogP contribution in [0.3, 0.4) is 0 Å². The van der Waals surface area contributed by atoms with E-state index in [1.54, 1.807) is 61.5 Å². The van der Waals surface area contributed by atoms with Crippen molar-refractivity contribution in [3.63, 3.8) is 0 Å². The number of aryl methyl sites for hydroxylation is 1. The zero-order valence-corrected chi connectivity index (χ0v) is 20.4. The highest BCUT2D eigenvalue weighted by atomic mass is 35.5. The van der Waals surface area contributed by atoms with Crippen molar-refractivity contribution in [1.29, 1.82) is 0 Å². The molecule has 0 unspecified atom stereocenters. The van der Waals surface area contributed by atoms with Crippen LogP contribution in [0.2, 0.25) is 5.02 Å². The quantitative estimate of drug-likeness (QED) is 0.309. The monoisotopic (exact) mass is 498 g/mol. The lowest BCUT2D eigenvalue weighted by atomic mass is 10.2. The highest BCUT2D eigenvalue weighted by Gasteiger charge is 2.29. The van der Waals surface area contributed by atoms with E-state index < -0.39 is 10.0 Å². The molecule has 0 aliphatic heterocycles. The van der Waals surface area contributed by atoms with Crippen LogP contribution in [0.15, 0.2) is 82.1 Å². The molecule has 9 heteroatoms. The number of hydrogen-bond donors (Lipinski definition) is 0. The van der Waals surface area contributed by atoms with Gasteiger partial charge in [0, 0.05) is 10.6 Å². The van der Waals surface area contributed by atoms with Gasteiger partial charge in [0.15, 0.2) is 0 Å². The number of oxazole rings is 1. The minimum Gasteiger partial charge on any atom is -0.497 e. The van der Waals surface area contributed by atoms with Crippen molar-refractivity contribution in [1.82, 2.24) is 4.98 Å². The summed E-state index contributed by atoms with van der Waals surface area (Å²) in [5, 5.41) is 0.549. The van der Waals surface area contributed by atoms with Crippen LogP contribution in [0.5, 0.6) is 11.5 Å². The number of benzene rings is 3. The number of nitrogens with zero attached hydrogens (tertiary/aromatic N) is 2. The van der Waals surface area contributed by atoms with Crippen LogP contribution < -0.4 is 13.8 Å². The maximum Gasteiger partial charge on any atom is 0.264 e. The number of sulfonamides is 1. The molecule has 0 saturated heterocycles. The minimum atomic E-state index is -3.99. The van der Waals surface area contributed by atoms with E-state index in [0.29, 0.717) is 45.1 Å². The zero-order valence-electron chi connectivity index (χ0n) is 18.9. The predicted octanol–water partition coefficient (Wildman–Crippen LogP) is 5.72. The number of methoxy groups -OCH3 is 2. The van der Waals surface area contributed by atoms with Gasteiger partial charge in [-0.2, -0.15) is 0 Å². The van der Waals surface area contributed by atoms with Gasteiger partial charge in [-0.15, -0.1) is 0 Å². The Kier molecular flexibility index (Phi) is 6.81. The average Bonchev–Trinajstić information content (AvgIpc) is 3.22. The molecular formula is C25H23ClN2O5S.